The number of nitrogens with zero attached hydrogens (tertiary/aromatic N) is 4. The Morgan fingerprint density at radius 1 is 1.10 bits per heavy atom. The molecule has 2 aliphatic heterocycles. The molecule has 3 heterocycles. The molecule has 3 fully saturated rings. The van der Waals surface area contributed by atoms with Crippen LogP contribution in [0.4, 0.5) is 0 Å². The standard InChI is InChI=1S/C22H27N5O4/c1-25-11-16(10-24-25)20(29)23-9-13-4-6-26(7-5-13)17(28)12-27-21(30)18-14-2-3-15(8-14)19(18)22(27)31/h2-3,10-11,13-15,18-19H,4-9,12H2,1H3,(H,23,29). The summed E-state index contributed by atoms with van der Waals surface area (Å²) in [5.74, 6) is -0.573. The fourth-order valence-corrected chi connectivity index (χ4v) is 5.62. The number of hydrogen-bond donors (Lipinski definition) is 1. The topological polar surface area (TPSA) is 105 Å². The van der Waals surface area contributed by atoms with Crippen molar-refractivity contribution < 1.29 is 19.2 Å². The maximum absolute atomic E-state index is 12.8. The molecule has 0 radical (unpaired) electrons. The highest BCUT2D eigenvalue weighted by Gasteiger charge is 2.59. The summed E-state index contributed by atoms with van der Waals surface area (Å²) in [6.07, 6.45) is 9.76. The molecule has 2 bridgehead atoms. The fraction of sp³-hybridized carbons (Fsp3) is 0.591. The minimum Gasteiger partial charge on any atom is -0.352 e. The number of fused-ring (bicyclic) bond motifs is 5. The van der Waals surface area contributed by atoms with E-state index in [2.05, 4.69) is 22.6 Å². The first-order chi connectivity index (χ1) is 14.9. The van der Waals surface area contributed by atoms with Crippen LogP contribution < -0.4 is 5.32 Å². The van der Waals surface area contributed by atoms with Crippen molar-refractivity contribution in [2.75, 3.05) is 26.2 Å². The van der Waals surface area contributed by atoms with Gasteiger partial charge in [-0.3, -0.25) is 28.8 Å². The Kier molecular flexibility index (Phi) is 4.91. The van der Waals surface area contributed by atoms with E-state index in [1.165, 1.54) is 11.1 Å². The van der Waals surface area contributed by atoms with Crippen molar-refractivity contribution in [1.82, 2.24) is 24.9 Å². The molecule has 1 aromatic heterocycles. The summed E-state index contributed by atoms with van der Waals surface area (Å²) in [6.45, 7) is 1.55. The highest BCUT2D eigenvalue weighted by atomic mass is 16.2. The van der Waals surface area contributed by atoms with E-state index in [1.807, 2.05) is 0 Å². The van der Waals surface area contributed by atoms with Crippen LogP contribution in [0.3, 0.4) is 0 Å². The largest absolute Gasteiger partial charge is 0.352 e. The van der Waals surface area contributed by atoms with Crippen molar-refractivity contribution >= 4 is 23.6 Å². The summed E-state index contributed by atoms with van der Waals surface area (Å²) >= 11 is 0. The number of piperidine rings is 1. The zero-order valence-corrected chi connectivity index (χ0v) is 17.6. The SMILES string of the molecule is Cn1cc(C(=O)NCC2CCN(C(=O)CN3C(=O)C4C5C=CC(C5)C4C3=O)CC2)cn1. The summed E-state index contributed by atoms with van der Waals surface area (Å²) in [5, 5.41) is 6.93. The van der Waals surface area contributed by atoms with Gasteiger partial charge in [0.25, 0.3) is 5.91 Å². The number of carbonyl (C=O) groups excluding carboxylic acids is 4. The summed E-state index contributed by atoms with van der Waals surface area (Å²) in [5.41, 5.74) is 0.531. The molecule has 2 saturated heterocycles. The molecule has 9 nitrogen and oxygen atoms in total. The zero-order chi connectivity index (χ0) is 21.7. The summed E-state index contributed by atoms with van der Waals surface area (Å²) in [4.78, 5) is 53.4. The van der Waals surface area contributed by atoms with Gasteiger partial charge >= 0.3 is 0 Å². The molecule has 0 aromatic carbocycles. The highest BCUT2D eigenvalue weighted by molar-refractivity contribution is 6.08. The van der Waals surface area contributed by atoms with Crippen molar-refractivity contribution in [3.63, 3.8) is 0 Å². The summed E-state index contributed by atoms with van der Waals surface area (Å²) in [7, 11) is 1.76. The quantitative estimate of drug-likeness (QED) is 0.536. The second kappa shape index (κ2) is 7.62. The molecule has 31 heavy (non-hydrogen) atoms. The number of imide groups is 1. The zero-order valence-electron chi connectivity index (χ0n) is 17.6. The normalized spacial score (nSPS) is 29.7. The number of carbonyl (C=O) groups is 4. The van der Waals surface area contributed by atoms with Gasteiger partial charge in [0, 0.05) is 32.9 Å². The van der Waals surface area contributed by atoms with E-state index >= 15 is 0 Å². The van der Waals surface area contributed by atoms with Gasteiger partial charge in [-0.2, -0.15) is 5.10 Å². The van der Waals surface area contributed by atoms with Crippen molar-refractivity contribution in [2.24, 2.45) is 36.6 Å². The van der Waals surface area contributed by atoms with Crippen LogP contribution in [0, 0.1) is 29.6 Å². The number of nitrogens with one attached hydrogen (secondary N) is 1. The predicted octanol–water partition coefficient (Wildman–Crippen LogP) is 0.196. The molecule has 4 aliphatic rings. The minimum atomic E-state index is -0.260. The Morgan fingerprint density at radius 3 is 2.32 bits per heavy atom. The van der Waals surface area contributed by atoms with Crippen LogP contribution >= 0.6 is 0 Å². The van der Waals surface area contributed by atoms with Crippen LogP contribution in [-0.4, -0.2) is 69.4 Å². The Balaban J connectivity index is 1.10. The first-order valence-corrected chi connectivity index (χ1v) is 11.0. The molecule has 0 spiro atoms. The molecule has 4 amide bonds. The van der Waals surface area contributed by atoms with Crippen molar-refractivity contribution in [2.45, 2.75) is 19.3 Å². The van der Waals surface area contributed by atoms with E-state index in [0.29, 0.717) is 31.1 Å². The lowest BCUT2D eigenvalue weighted by molar-refractivity contribution is -0.147. The van der Waals surface area contributed by atoms with Gasteiger partial charge in [0.2, 0.25) is 17.7 Å². The Morgan fingerprint density at radius 2 is 1.74 bits per heavy atom. The fourth-order valence-electron chi connectivity index (χ4n) is 5.62. The van der Waals surface area contributed by atoms with Crippen molar-refractivity contribution in [1.29, 1.82) is 0 Å². The average Bonchev–Trinajstić information content (AvgIpc) is 3.54. The summed E-state index contributed by atoms with van der Waals surface area (Å²) < 4.78 is 1.59. The monoisotopic (exact) mass is 425 g/mol. The van der Waals surface area contributed by atoms with E-state index < -0.39 is 0 Å². The van der Waals surface area contributed by atoms with E-state index in [4.69, 9.17) is 0 Å². The predicted molar refractivity (Wildman–Crippen MR) is 109 cm³/mol. The summed E-state index contributed by atoms with van der Waals surface area (Å²) in [6, 6.07) is 0. The highest BCUT2D eigenvalue weighted by Crippen LogP contribution is 2.52. The van der Waals surface area contributed by atoms with E-state index in [9.17, 15) is 19.2 Å². The van der Waals surface area contributed by atoms with Crippen LogP contribution in [0.1, 0.15) is 29.6 Å². The van der Waals surface area contributed by atoms with Crippen LogP contribution in [-0.2, 0) is 21.4 Å². The number of aryl methyl sites for hydroxylation is 1. The maximum atomic E-state index is 12.8. The van der Waals surface area contributed by atoms with Gasteiger partial charge in [0.1, 0.15) is 6.54 Å². The first-order valence-electron chi connectivity index (χ1n) is 11.0. The lowest BCUT2D eigenvalue weighted by atomic mass is 9.85. The van der Waals surface area contributed by atoms with Gasteiger partial charge in [-0.05, 0) is 37.0 Å². The number of amides is 4. The Labute approximate surface area is 180 Å². The van der Waals surface area contributed by atoms with Crippen LogP contribution in [0.5, 0.6) is 0 Å². The second-order valence-corrected chi connectivity index (χ2v) is 9.20. The molecule has 9 heteroatoms. The third-order valence-electron chi connectivity index (χ3n) is 7.34. The van der Waals surface area contributed by atoms with Crippen molar-refractivity contribution in [3.05, 3.63) is 30.1 Å². The second-order valence-electron chi connectivity index (χ2n) is 9.20. The smallest absolute Gasteiger partial charge is 0.254 e. The van der Waals surface area contributed by atoms with Crippen LogP contribution in [0.25, 0.3) is 0 Å². The number of hydrogen-bond acceptors (Lipinski definition) is 5. The molecule has 4 unspecified atom stereocenters. The number of aromatic nitrogens is 2. The lowest BCUT2D eigenvalue weighted by Gasteiger charge is -2.33. The maximum Gasteiger partial charge on any atom is 0.254 e. The molecule has 164 valence electrons. The van der Waals surface area contributed by atoms with Crippen molar-refractivity contribution in [3.8, 4) is 0 Å². The van der Waals surface area contributed by atoms with Gasteiger partial charge in [-0.15, -0.1) is 0 Å². The van der Waals surface area contributed by atoms with Gasteiger partial charge in [-0.1, -0.05) is 12.2 Å². The molecule has 1 aromatic rings. The Hall–Kier alpha value is -2.97. The van der Waals surface area contributed by atoms with Crippen LogP contribution in [0.2, 0.25) is 0 Å². The molecule has 4 atom stereocenters. The molecule has 1 N–H and O–H groups in total. The van der Waals surface area contributed by atoms with Gasteiger partial charge in [0.05, 0.1) is 23.6 Å². The molecule has 5 rings (SSSR count). The average molecular weight is 425 g/mol. The third-order valence-corrected chi connectivity index (χ3v) is 7.34. The molecule has 2 aliphatic carbocycles. The van der Waals surface area contributed by atoms with E-state index in [1.54, 1.807) is 22.8 Å². The molecular formula is C22H27N5O4. The molecular weight excluding hydrogens is 398 g/mol. The Bertz CT molecular complexity index is 931. The van der Waals surface area contributed by atoms with Crippen LogP contribution in [0.15, 0.2) is 24.5 Å². The number of rotatable bonds is 5. The van der Waals surface area contributed by atoms with Gasteiger partial charge in [-0.25, -0.2) is 0 Å². The number of allylic oxidation sites excluding steroid dienone is 2. The van der Waals surface area contributed by atoms with Gasteiger partial charge < -0.3 is 10.2 Å². The lowest BCUT2D eigenvalue weighted by Crippen LogP contribution is -2.47. The van der Waals surface area contributed by atoms with Gasteiger partial charge in [0.15, 0.2) is 0 Å². The first kappa shape index (κ1) is 20.0. The van der Waals surface area contributed by atoms with E-state index in [0.717, 1.165) is 19.3 Å². The third kappa shape index (κ3) is 3.45. The molecule has 1 saturated carbocycles. The minimum absolute atomic E-state index is 0.146. The van der Waals surface area contributed by atoms with E-state index in [-0.39, 0.29) is 53.8 Å². The number of likely N-dealkylation sites (tertiary alicyclic amines) is 2.